The fourth-order valence-corrected chi connectivity index (χ4v) is 2.22. The van der Waals surface area contributed by atoms with Gasteiger partial charge in [-0.2, -0.15) is 5.10 Å². The number of aryl methyl sites for hydroxylation is 1. The van der Waals surface area contributed by atoms with Crippen LogP contribution in [-0.2, 0) is 13.6 Å². The maximum absolute atomic E-state index is 5.57. The van der Waals surface area contributed by atoms with Gasteiger partial charge in [0.25, 0.3) is 0 Å². The largest absolute Gasteiger partial charge is 0.326 e. The van der Waals surface area contributed by atoms with Gasteiger partial charge in [-0.15, -0.1) is 0 Å². The Bertz CT molecular complexity index is 447. The molecule has 2 N–H and O–H groups in total. The molecule has 0 atom stereocenters. The molecule has 0 saturated heterocycles. The van der Waals surface area contributed by atoms with Crippen molar-refractivity contribution < 1.29 is 0 Å². The van der Waals surface area contributed by atoms with Gasteiger partial charge < -0.3 is 5.73 Å². The number of halogens is 1. The van der Waals surface area contributed by atoms with Crippen molar-refractivity contribution in [3.8, 4) is 0 Å². The van der Waals surface area contributed by atoms with Crippen molar-refractivity contribution in [2.75, 3.05) is 0 Å². The van der Waals surface area contributed by atoms with E-state index in [1.54, 1.807) is 0 Å². The third-order valence-corrected chi connectivity index (χ3v) is 2.69. The molecule has 0 unspecified atom stereocenters. The Morgan fingerprint density at radius 1 is 1.54 bits per heavy atom. The molecule has 4 heteroatoms. The van der Waals surface area contributed by atoms with Crippen LogP contribution < -0.4 is 5.73 Å². The van der Waals surface area contributed by atoms with Gasteiger partial charge in [0.05, 0.1) is 11.7 Å². The second-order valence-electron chi connectivity index (χ2n) is 2.99. The fourth-order valence-electron chi connectivity index (χ4n) is 1.44. The number of nitrogens with zero attached hydrogens (tertiary/aromatic N) is 2. The molecule has 0 saturated carbocycles. The van der Waals surface area contributed by atoms with Gasteiger partial charge in [-0.1, -0.05) is 0 Å². The van der Waals surface area contributed by atoms with Crippen molar-refractivity contribution in [2.45, 2.75) is 6.54 Å². The van der Waals surface area contributed by atoms with Crippen LogP contribution in [0.5, 0.6) is 0 Å². The molecule has 1 heterocycles. The average Bonchev–Trinajstić information content (AvgIpc) is 2.48. The number of aromatic nitrogens is 2. The Kier molecular flexibility index (Phi) is 2.09. The van der Waals surface area contributed by atoms with E-state index in [0.29, 0.717) is 6.54 Å². The van der Waals surface area contributed by atoms with Gasteiger partial charge in [0, 0.05) is 23.5 Å². The van der Waals surface area contributed by atoms with Gasteiger partial charge >= 0.3 is 0 Å². The Morgan fingerprint density at radius 2 is 2.31 bits per heavy atom. The monoisotopic (exact) mass is 239 g/mol. The predicted octanol–water partition coefficient (Wildman–Crippen LogP) is 1.79. The van der Waals surface area contributed by atoms with Crippen LogP contribution in [0.15, 0.2) is 22.8 Å². The van der Waals surface area contributed by atoms with Gasteiger partial charge in [-0.25, -0.2) is 0 Å². The fraction of sp³-hybridized carbons (Fsp3) is 0.222. The molecule has 3 nitrogen and oxygen atoms in total. The van der Waals surface area contributed by atoms with Gasteiger partial charge in [0.2, 0.25) is 0 Å². The Balaban J connectivity index is 2.79. The molecular weight excluding hydrogens is 230 g/mol. The third-order valence-electron chi connectivity index (χ3n) is 2.08. The maximum Gasteiger partial charge on any atom is 0.0821 e. The molecular formula is C9H10BrN3. The lowest BCUT2D eigenvalue weighted by molar-refractivity contribution is 0.795. The minimum Gasteiger partial charge on any atom is -0.326 e. The lowest BCUT2D eigenvalue weighted by atomic mass is 10.1. The van der Waals surface area contributed by atoms with E-state index >= 15 is 0 Å². The molecule has 0 aliphatic heterocycles. The number of hydrogen-bond acceptors (Lipinski definition) is 2. The van der Waals surface area contributed by atoms with Crippen LogP contribution >= 0.6 is 15.9 Å². The summed E-state index contributed by atoms with van der Waals surface area (Å²) in [5, 5.41) is 5.30. The highest BCUT2D eigenvalue weighted by Crippen LogP contribution is 2.24. The van der Waals surface area contributed by atoms with Crippen molar-refractivity contribution in [2.24, 2.45) is 12.8 Å². The second kappa shape index (κ2) is 3.12. The van der Waals surface area contributed by atoms with Crippen LogP contribution in [0.1, 0.15) is 5.56 Å². The Labute approximate surface area is 84.7 Å². The van der Waals surface area contributed by atoms with Gasteiger partial charge in [0.15, 0.2) is 0 Å². The van der Waals surface area contributed by atoms with E-state index in [4.69, 9.17) is 5.73 Å². The lowest BCUT2D eigenvalue weighted by Crippen LogP contribution is -1.96. The third kappa shape index (κ3) is 1.36. The molecule has 1 aromatic carbocycles. The summed E-state index contributed by atoms with van der Waals surface area (Å²) in [5.41, 5.74) is 7.79. The number of benzene rings is 1. The van der Waals surface area contributed by atoms with E-state index < -0.39 is 0 Å². The number of nitrogens with two attached hydrogens (primary N) is 1. The molecule has 1 aromatic heterocycles. The smallest absolute Gasteiger partial charge is 0.0821 e. The Hall–Kier alpha value is -0.870. The van der Waals surface area contributed by atoms with E-state index in [0.717, 1.165) is 20.9 Å². The summed E-state index contributed by atoms with van der Waals surface area (Å²) in [5.74, 6) is 0. The summed E-state index contributed by atoms with van der Waals surface area (Å²) >= 11 is 3.50. The number of hydrogen-bond donors (Lipinski definition) is 1. The molecule has 0 spiro atoms. The quantitative estimate of drug-likeness (QED) is 0.825. The van der Waals surface area contributed by atoms with Crippen LogP contribution in [0, 0.1) is 0 Å². The zero-order chi connectivity index (χ0) is 9.42. The minimum atomic E-state index is 0.559. The van der Waals surface area contributed by atoms with Crippen molar-refractivity contribution in [1.29, 1.82) is 0 Å². The molecule has 2 rings (SSSR count). The molecule has 0 bridgehead atoms. The molecule has 0 fully saturated rings. The van der Waals surface area contributed by atoms with Crippen LogP contribution in [0.2, 0.25) is 0 Å². The first kappa shape index (κ1) is 8.72. The van der Waals surface area contributed by atoms with Crippen molar-refractivity contribution in [3.63, 3.8) is 0 Å². The van der Waals surface area contributed by atoms with Crippen LogP contribution in [0.25, 0.3) is 10.9 Å². The first-order valence-corrected chi connectivity index (χ1v) is 4.82. The van der Waals surface area contributed by atoms with Crippen molar-refractivity contribution >= 4 is 26.8 Å². The highest BCUT2D eigenvalue weighted by molar-refractivity contribution is 9.10. The van der Waals surface area contributed by atoms with Crippen LogP contribution in [0.4, 0.5) is 0 Å². The summed E-state index contributed by atoms with van der Waals surface area (Å²) < 4.78 is 2.89. The zero-order valence-electron chi connectivity index (χ0n) is 7.29. The van der Waals surface area contributed by atoms with E-state index in [-0.39, 0.29) is 0 Å². The summed E-state index contributed by atoms with van der Waals surface area (Å²) in [6, 6.07) is 4.09. The molecule has 13 heavy (non-hydrogen) atoms. The zero-order valence-corrected chi connectivity index (χ0v) is 8.87. The van der Waals surface area contributed by atoms with Crippen molar-refractivity contribution in [3.05, 3.63) is 28.4 Å². The topological polar surface area (TPSA) is 43.8 Å². The molecule has 0 radical (unpaired) electrons. The maximum atomic E-state index is 5.57. The first-order valence-electron chi connectivity index (χ1n) is 4.02. The Morgan fingerprint density at radius 3 is 3.00 bits per heavy atom. The summed E-state index contributed by atoms with van der Waals surface area (Å²) in [6.45, 7) is 0.559. The van der Waals surface area contributed by atoms with Crippen molar-refractivity contribution in [1.82, 2.24) is 9.78 Å². The van der Waals surface area contributed by atoms with Crippen LogP contribution in [-0.4, -0.2) is 9.78 Å². The standard InChI is InChI=1S/C9H10BrN3/c1-13-9-7(5-12-13)2-6(4-11)3-8(9)10/h2-3,5H,4,11H2,1H3. The molecule has 0 aliphatic carbocycles. The second-order valence-corrected chi connectivity index (χ2v) is 3.84. The molecule has 0 aliphatic rings. The van der Waals surface area contributed by atoms with E-state index in [1.165, 1.54) is 0 Å². The minimum absolute atomic E-state index is 0.559. The highest BCUT2D eigenvalue weighted by Gasteiger charge is 2.05. The van der Waals surface area contributed by atoms with Crippen LogP contribution in [0.3, 0.4) is 0 Å². The molecule has 2 aromatic rings. The van der Waals surface area contributed by atoms with E-state index in [1.807, 2.05) is 24.0 Å². The average molecular weight is 240 g/mol. The van der Waals surface area contributed by atoms with E-state index in [9.17, 15) is 0 Å². The lowest BCUT2D eigenvalue weighted by Gasteiger charge is -2.01. The van der Waals surface area contributed by atoms with Gasteiger partial charge in [-0.05, 0) is 33.6 Å². The number of rotatable bonds is 1. The SMILES string of the molecule is Cn1ncc2cc(CN)cc(Br)c21. The van der Waals surface area contributed by atoms with Gasteiger partial charge in [0.1, 0.15) is 0 Å². The molecule has 0 amide bonds. The summed E-state index contributed by atoms with van der Waals surface area (Å²) in [6.07, 6.45) is 1.85. The normalized spacial score (nSPS) is 11.0. The van der Waals surface area contributed by atoms with E-state index in [2.05, 4.69) is 27.1 Å². The highest BCUT2D eigenvalue weighted by atomic mass is 79.9. The predicted molar refractivity (Wildman–Crippen MR) is 56.3 cm³/mol. The number of fused-ring (bicyclic) bond motifs is 1. The summed E-state index contributed by atoms with van der Waals surface area (Å²) in [7, 11) is 1.93. The van der Waals surface area contributed by atoms with Gasteiger partial charge in [-0.3, -0.25) is 4.68 Å². The molecule has 68 valence electrons. The first-order chi connectivity index (χ1) is 6.22. The summed E-state index contributed by atoms with van der Waals surface area (Å²) in [4.78, 5) is 0.